The topological polar surface area (TPSA) is 72.6 Å². The van der Waals surface area contributed by atoms with Crippen LogP contribution in [0.5, 0.6) is 5.75 Å². The highest BCUT2D eigenvalue weighted by Gasteiger charge is 2.41. The van der Waals surface area contributed by atoms with Crippen LogP contribution >= 0.6 is 0 Å². The quantitative estimate of drug-likeness (QED) is 0.860. The van der Waals surface area contributed by atoms with E-state index in [1.54, 1.807) is 6.07 Å². The van der Waals surface area contributed by atoms with Crippen LogP contribution in [0.2, 0.25) is 0 Å². The molecule has 5 nitrogen and oxygen atoms in total. The first-order valence-corrected chi connectivity index (χ1v) is 7.69. The third-order valence-corrected chi connectivity index (χ3v) is 5.79. The molecule has 106 valence electrons. The highest BCUT2D eigenvalue weighted by Crippen LogP contribution is 2.36. The van der Waals surface area contributed by atoms with Gasteiger partial charge in [-0.2, -0.15) is 4.31 Å². The van der Waals surface area contributed by atoms with Crippen molar-refractivity contribution in [2.24, 2.45) is 0 Å². The van der Waals surface area contributed by atoms with Gasteiger partial charge in [0.25, 0.3) is 0 Å². The summed E-state index contributed by atoms with van der Waals surface area (Å²) in [7, 11) is -2.03. The molecular weight excluding hydrogens is 264 g/mol. The monoisotopic (exact) mass is 284 g/mol. The van der Waals surface area contributed by atoms with Crippen molar-refractivity contribution in [3.63, 3.8) is 0 Å². The first-order valence-electron chi connectivity index (χ1n) is 6.25. The summed E-state index contributed by atoms with van der Waals surface area (Å²) in [6.45, 7) is 4.43. The van der Waals surface area contributed by atoms with E-state index < -0.39 is 10.0 Å². The van der Waals surface area contributed by atoms with Crippen molar-refractivity contribution in [2.75, 3.05) is 19.4 Å². The lowest BCUT2D eigenvalue weighted by atomic mass is 10.0. The number of rotatable bonds is 3. The van der Waals surface area contributed by atoms with E-state index in [2.05, 4.69) is 0 Å². The second-order valence-corrected chi connectivity index (χ2v) is 7.23. The lowest BCUT2D eigenvalue weighted by molar-refractivity contribution is 0.292. The summed E-state index contributed by atoms with van der Waals surface area (Å²) in [5, 5.41) is 0. The predicted octanol–water partition coefficient (Wildman–Crippen LogP) is 1.84. The molecule has 0 spiro atoms. The Hall–Kier alpha value is -1.27. The molecule has 0 amide bonds. The molecule has 6 heteroatoms. The molecule has 19 heavy (non-hydrogen) atoms. The maximum absolute atomic E-state index is 12.7. The zero-order valence-corrected chi connectivity index (χ0v) is 12.3. The minimum Gasteiger partial charge on any atom is -0.497 e. The Labute approximate surface area is 114 Å². The summed E-state index contributed by atoms with van der Waals surface area (Å²) in [6, 6.07) is 4.67. The van der Waals surface area contributed by atoms with E-state index in [9.17, 15) is 8.42 Å². The highest BCUT2D eigenvalue weighted by atomic mass is 32.2. The summed E-state index contributed by atoms with van der Waals surface area (Å²) >= 11 is 0. The van der Waals surface area contributed by atoms with Crippen LogP contribution in [0, 0.1) is 0 Å². The molecule has 0 aromatic heterocycles. The average Bonchev–Trinajstić information content (AvgIpc) is 2.69. The van der Waals surface area contributed by atoms with Crippen LogP contribution in [0.15, 0.2) is 23.1 Å². The van der Waals surface area contributed by atoms with Crippen molar-refractivity contribution < 1.29 is 13.2 Å². The molecule has 0 aliphatic carbocycles. The third-order valence-electron chi connectivity index (χ3n) is 3.61. The molecule has 1 heterocycles. The fraction of sp³-hybridized carbons (Fsp3) is 0.538. The smallest absolute Gasteiger partial charge is 0.245 e. The predicted molar refractivity (Wildman–Crippen MR) is 74.6 cm³/mol. The van der Waals surface area contributed by atoms with E-state index in [-0.39, 0.29) is 16.1 Å². The maximum atomic E-state index is 12.7. The second-order valence-electron chi connectivity index (χ2n) is 5.40. The Morgan fingerprint density at radius 2 is 2.05 bits per heavy atom. The minimum absolute atomic E-state index is 0.156. The van der Waals surface area contributed by atoms with Gasteiger partial charge in [-0.25, -0.2) is 8.42 Å². The lowest BCUT2D eigenvalue weighted by Crippen LogP contribution is -2.42. The Kier molecular flexibility index (Phi) is 3.49. The van der Waals surface area contributed by atoms with Crippen molar-refractivity contribution in [1.82, 2.24) is 4.31 Å². The van der Waals surface area contributed by atoms with E-state index >= 15 is 0 Å². The summed E-state index contributed by atoms with van der Waals surface area (Å²) < 4.78 is 31.9. The number of hydrogen-bond acceptors (Lipinski definition) is 4. The normalized spacial score (nSPS) is 19.5. The van der Waals surface area contributed by atoms with Crippen LogP contribution in [-0.4, -0.2) is 31.9 Å². The number of hydrogen-bond donors (Lipinski definition) is 1. The van der Waals surface area contributed by atoms with Gasteiger partial charge < -0.3 is 10.5 Å². The largest absolute Gasteiger partial charge is 0.497 e. The maximum Gasteiger partial charge on any atom is 0.245 e. The molecule has 2 rings (SSSR count). The molecule has 2 N–H and O–H groups in total. The molecule has 1 aromatic carbocycles. The highest BCUT2D eigenvalue weighted by molar-refractivity contribution is 7.89. The molecule has 1 saturated heterocycles. The second kappa shape index (κ2) is 4.68. The molecule has 1 fully saturated rings. The van der Waals surface area contributed by atoms with Gasteiger partial charge in [-0.3, -0.25) is 0 Å². The summed E-state index contributed by atoms with van der Waals surface area (Å²) in [5.41, 5.74) is 5.72. The Bertz CT molecular complexity index is 582. The number of sulfonamides is 1. The number of anilines is 1. The number of benzene rings is 1. The minimum atomic E-state index is -3.55. The van der Waals surface area contributed by atoms with Gasteiger partial charge in [-0.1, -0.05) is 0 Å². The lowest BCUT2D eigenvalue weighted by Gasteiger charge is -2.30. The molecule has 0 saturated carbocycles. The van der Waals surface area contributed by atoms with Gasteiger partial charge in [0.15, 0.2) is 0 Å². The van der Waals surface area contributed by atoms with Gasteiger partial charge in [-0.05, 0) is 38.8 Å². The van der Waals surface area contributed by atoms with Gasteiger partial charge in [-0.15, -0.1) is 0 Å². The molecule has 1 aliphatic heterocycles. The van der Waals surface area contributed by atoms with Crippen molar-refractivity contribution in [2.45, 2.75) is 37.1 Å². The van der Waals surface area contributed by atoms with Crippen molar-refractivity contribution in [1.29, 1.82) is 0 Å². The standard InChI is InChI=1S/C13H20N2O3S/c1-13(2)7-4-8-15(13)19(16,17)12-6-5-10(18-3)9-11(12)14/h5-6,9H,4,7-8,14H2,1-3H3. The fourth-order valence-electron chi connectivity index (χ4n) is 2.54. The zero-order chi connectivity index (χ0) is 14.3. The van der Waals surface area contributed by atoms with Crippen LogP contribution in [0.1, 0.15) is 26.7 Å². The van der Waals surface area contributed by atoms with E-state index in [0.29, 0.717) is 12.3 Å². The zero-order valence-electron chi connectivity index (χ0n) is 11.5. The van der Waals surface area contributed by atoms with Crippen LogP contribution in [0.4, 0.5) is 5.69 Å². The van der Waals surface area contributed by atoms with Crippen molar-refractivity contribution in [3.8, 4) is 5.75 Å². The van der Waals surface area contributed by atoms with Crippen LogP contribution in [0.25, 0.3) is 0 Å². The van der Waals surface area contributed by atoms with Gasteiger partial charge in [0, 0.05) is 18.2 Å². The number of ether oxygens (including phenoxy) is 1. The molecule has 1 aliphatic rings. The molecule has 0 bridgehead atoms. The van der Waals surface area contributed by atoms with Crippen molar-refractivity contribution >= 4 is 15.7 Å². The Morgan fingerprint density at radius 3 is 2.53 bits per heavy atom. The van der Waals surface area contributed by atoms with E-state index in [4.69, 9.17) is 10.5 Å². The average molecular weight is 284 g/mol. The Morgan fingerprint density at radius 1 is 1.37 bits per heavy atom. The number of methoxy groups -OCH3 is 1. The molecule has 0 radical (unpaired) electrons. The van der Waals surface area contributed by atoms with E-state index in [0.717, 1.165) is 12.8 Å². The number of nitrogens with two attached hydrogens (primary N) is 1. The number of nitrogen functional groups attached to an aromatic ring is 1. The summed E-state index contributed by atoms with van der Waals surface area (Å²) in [5.74, 6) is 0.553. The first kappa shape index (κ1) is 14.1. The SMILES string of the molecule is COc1ccc(S(=O)(=O)N2CCCC2(C)C)c(N)c1. The summed E-state index contributed by atoms with van der Waals surface area (Å²) in [6.07, 6.45) is 1.74. The Balaban J connectivity index is 2.46. The van der Waals surface area contributed by atoms with Gasteiger partial charge in [0.05, 0.1) is 12.8 Å². The van der Waals surface area contributed by atoms with Crippen LogP contribution < -0.4 is 10.5 Å². The van der Waals surface area contributed by atoms with Gasteiger partial charge >= 0.3 is 0 Å². The number of nitrogens with zero attached hydrogens (tertiary/aromatic N) is 1. The first-order chi connectivity index (χ1) is 8.79. The molecular formula is C13H20N2O3S. The van der Waals surface area contributed by atoms with Crippen molar-refractivity contribution in [3.05, 3.63) is 18.2 Å². The fourth-order valence-corrected chi connectivity index (χ4v) is 4.48. The van der Waals surface area contributed by atoms with Crippen LogP contribution in [0.3, 0.4) is 0 Å². The molecule has 1 aromatic rings. The van der Waals surface area contributed by atoms with Gasteiger partial charge in [0.1, 0.15) is 10.6 Å². The third kappa shape index (κ3) is 2.42. The molecule has 0 atom stereocenters. The summed E-state index contributed by atoms with van der Waals surface area (Å²) in [4.78, 5) is 0.156. The van der Waals surface area contributed by atoms with E-state index in [1.165, 1.54) is 23.5 Å². The van der Waals surface area contributed by atoms with E-state index in [1.807, 2.05) is 13.8 Å². The van der Waals surface area contributed by atoms with Crippen LogP contribution in [-0.2, 0) is 10.0 Å². The molecule has 0 unspecified atom stereocenters. The van der Waals surface area contributed by atoms with Gasteiger partial charge in [0.2, 0.25) is 10.0 Å².